The zero-order valence-electron chi connectivity index (χ0n) is 15.3. The average Bonchev–Trinajstić information content (AvgIpc) is 3.02. The maximum atomic E-state index is 12.5. The molecule has 0 amide bonds. The van der Waals surface area contributed by atoms with E-state index in [9.17, 15) is 8.42 Å². The van der Waals surface area contributed by atoms with Crippen molar-refractivity contribution in [1.82, 2.24) is 15.2 Å². The van der Waals surface area contributed by atoms with E-state index < -0.39 is 15.1 Å². The molecule has 2 aromatic carbocycles. The summed E-state index contributed by atoms with van der Waals surface area (Å²) < 4.78 is 25.1. The van der Waals surface area contributed by atoms with E-state index >= 15 is 0 Å². The third-order valence-electron chi connectivity index (χ3n) is 4.69. The molecule has 27 heavy (non-hydrogen) atoms. The van der Waals surface area contributed by atoms with Gasteiger partial charge in [0.05, 0.1) is 26.9 Å². The Bertz CT molecular complexity index is 1260. The number of fused-ring (bicyclic) bond motifs is 2. The van der Waals surface area contributed by atoms with Gasteiger partial charge in [-0.2, -0.15) is 5.10 Å². The van der Waals surface area contributed by atoms with Crippen LogP contribution in [0.15, 0.2) is 53.6 Å². The number of aryl methyl sites for hydroxylation is 1. The summed E-state index contributed by atoms with van der Waals surface area (Å²) in [6.07, 6.45) is 1.71. The molecule has 4 rings (SSSR count). The van der Waals surface area contributed by atoms with Crippen LogP contribution in [0.2, 0.25) is 0 Å². The van der Waals surface area contributed by atoms with Crippen molar-refractivity contribution < 1.29 is 8.42 Å². The third kappa shape index (κ3) is 3.04. The fourth-order valence-electron chi connectivity index (χ4n) is 3.07. The summed E-state index contributed by atoms with van der Waals surface area (Å²) in [4.78, 5) is 4.66. The van der Waals surface area contributed by atoms with Gasteiger partial charge in [-0.1, -0.05) is 0 Å². The largest absolute Gasteiger partial charge is 0.355 e. The minimum Gasteiger partial charge on any atom is -0.355 e. The van der Waals surface area contributed by atoms with Crippen molar-refractivity contribution in [1.29, 1.82) is 0 Å². The Kier molecular flexibility index (Phi) is 4.11. The van der Waals surface area contributed by atoms with E-state index in [4.69, 9.17) is 0 Å². The lowest BCUT2D eigenvalue weighted by molar-refractivity contribution is 0.587. The molecule has 0 fully saturated rings. The first-order chi connectivity index (χ1) is 12.9. The van der Waals surface area contributed by atoms with E-state index in [0.717, 1.165) is 38.9 Å². The lowest BCUT2D eigenvalue weighted by Gasteiger charge is -2.12. The highest BCUT2D eigenvalue weighted by atomic mass is 32.2. The second-order valence-electron chi connectivity index (χ2n) is 6.83. The molecule has 0 bridgehead atoms. The summed E-state index contributed by atoms with van der Waals surface area (Å²) in [5.74, 6) is 0. The van der Waals surface area contributed by atoms with Crippen molar-refractivity contribution in [2.75, 3.05) is 5.32 Å². The molecule has 0 saturated heterocycles. The zero-order valence-corrected chi connectivity index (χ0v) is 16.1. The molecule has 2 aromatic heterocycles. The molecule has 0 aliphatic rings. The predicted octanol–water partition coefficient (Wildman–Crippen LogP) is 4.35. The van der Waals surface area contributed by atoms with E-state index in [0.29, 0.717) is 4.90 Å². The molecule has 0 saturated carbocycles. The van der Waals surface area contributed by atoms with Gasteiger partial charge in [-0.25, -0.2) is 8.42 Å². The number of nitrogens with zero attached hydrogens (tertiary/aromatic N) is 2. The first-order valence-corrected chi connectivity index (χ1v) is 10.3. The Hall–Kier alpha value is -2.93. The molecule has 2 N–H and O–H groups in total. The van der Waals surface area contributed by atoms with Gasteiger partial charge in [-0.05, 0) is 63.2 Å². The van der Waals surface area contributed by atoms with Crippen molar-refractivity contribution in [2.45, 2.75) is 30.9 Å². The highest BCUT2D eigenvalue weighted by Crippen LogP contribution is 2.29. The lowest BCUT2D eigenvalue weighted by Crippen LogP contribution is -2.13. The maximum Gasteiger partial charge on any atom is 0.180 e. The van der Waals surface area contributed by atoms with Gasteiger partial charge < -0.3 is 5.32 Å². The highest BCUT2D eigenvalue weighted by molar-refractivity contribution is 7.92. The molecule has 0 aliphatic heterocycles. The number of aromatic amines is 1. The molecule has 2 heterocycles. The Balaban J connectivity index is 1.80. The number of aromatic nitrogens is 3. The number of anilines is 2. The normalized spacial score (nSPS) is 12.1. The first kappa shape index (κ1) is 17.5. The predicted molar refractivity (Wildman–Crippen MR) is 108 cm³/mol. The van der Waals surface area contributed by atoms with Gasteiger partial charge in [0.25, 0.3) is 0 Å². The van der Waals surface area contributed by atoms with E-state index in [1.807, 2.05) is 31.2 Å². The summed E-state index contributed by atoms with van der Waals surface area (Å²) in [7, 11) is -3.35. The molecule has 0 unspecified atom stereocenters. The van der Waals surface area contributed by atoms with Gasteiger partial charge in [0, 0.05) is 28.3 Å². The SMILES string of the molecule is Cc1n[nH]c2cc(Nc3ccnc4ccc(S(=O)(=O)C(C)C)cc34)ccc12. The number of benzene rings is 2. The van der Waals surface area contributed by atoms with Gasteiger partial charge in [-0.3, -0.25) is 10.1 Å². The molecular formula is C20H20N4O2S. The summed E-state index contributed by atoms with van der Waals surface area (Å²) in [6.45, 7) is 5.33. The molecule has 0 radical (unpaired) electrons. The number of sulfone groups is 1. The molecule has 138 valence electrons. The van der Waals surface area contributed by atoms with Gasteiger partial charge in [0.15, 0.2) is 9.84 Å². The lowest BCUT2D eigenvalue weighted by atomic mass is 10.1. The average molecular weight is 380 g/mol. The number of nitrogens with one attached hydrogen (secondary N) is 2. The molecule has 0 aliphatic carbocycles. The fourth-order valence-corrected chi connectivity index (χ4v) is 4.16. The van der Waals surface area contributed by atoms with Crippen molar-refractivity contribution in [3.63, 3.8) is 0 Å². The van der Waals surface area contributed by atoms with Crippen LogP contribution in [0, 0.1) is 6.92 Å². The van der Waals surface area contributed by atoms with Gasteiger partial charge >= 0.3 is 0 Å². The zero-order chi connectivity index (χ0) is 19.2. The molecule has 7 heteroatoms. The molecule has 0 spiro atoms. The van der Waals surface area contributed by atoms with Gasteiger partial charge in [0.2, 0.25) is 0 Å². The van der Waals surface area contributed by atoms with Crippen LogP contribution in [0.5, 0.6) is 0 Å². The number of hydrogen-bond acceptors (Lipinski definition) is 5. The van der Waals surface area contributed by atoms with E-state index in [1.54, 1.807) is 38.2 Å². The van der Waals surface area contributed by atoms with E-state index in [-0.39, 0.29) is 0 Å². The number of rotatable bonds is 4. The minimum atomic E-state index is -3.35. The number of pyridine rings is 1. The monoisotopic (exact) mass is 380 g/mol. The van der Waals surface area contributed by atoms with Crippen LogP contribution in [-0.4, -0.2) is 28.8 Å². The van der Waals surface area contributed by atoms with E-state index in [2.05, 4.69) is 20.5 Å². The van der Waals surface area contributed by atoms with Crippen LogP contribution < -0.4 is 5.32 Å². The van der Waals surface area contributed by atoms with Crippen molar-refractivity contribution in [3.05, 3.63) is 54.4 Å². The van der Waals surface area contributed by atoms with Crippen LogP contribution in [0.1, 0.15) is 19.5 Å². The summed E-state index contributed by atoms with van der Waals surface area (Å²) in [6, 6.07) is 12.9. The van der Waals surface area contributed by atoms with Gasteiger partial charge in [-0.15, -0.1) is 0 Å². The fraction of sp³-hybridized carbons (Fsp3) is 0.200. The van der Waals surface area contributed by atoms with Crippen LogP contribution in [0.3, 0.4) is 0 Å². The number of H-pyrrole nitrogens is 1. The van der Waals surface area contributed by atoms with Crippen molar-refractivity contribution in [3.8, 4) is 0 Å². The molecule has 4 aromatic rings. The second kappa shape index (κ2) is 6.35. The summed E-state index contributed by atoms with van der Waals surface area (Å²) in [5, 5.41) is 12.0. The van der Waals surface area contributed by atoms with Crippen molar-refractivity contribution in [2.24, 2.45) is 0 Å². The van der Waals surface area contributed by atoms with Crippen LogP contribution in [0.4, 0.5) is 11.4 Å². The minimum absolute atomic E-state index is 0.306. The van der Waals surface area contributed by atoms with Gasteiger partial charge in [0.1, 0.15) is 0 Å². The Labute approximate surface area is 157 Å². The second-order valence-corrected chi connectivity index (χ2v) is 9.33. The van der Waals surface area contributed by atoms with E-state index in [1.165, 1.54) is 0 Å². The quantitative estimate of drug-likeness (QED) is 0.550. The van der Waals surface area contributed by atoms with Crippen molar-refractivity contribution >= 4 is 43.0 Å². The molecule has 6 nitrogen and oxygen atoms in total. The van der Waals surface area contributed by atoms with Crippen LogP contribution in [0.25, 0.3) is 21.8 Å². The summed E-state index contributed by atoms with van der Waals surface area (Å²) in [5.41, 5.74) is 4.32. The molecule has 0 atom stereocenters. The summed E-state index contributed by atoms with van der Waals surface area (Å²) >= 11 is 0. The van der Waals surface area contributed by atoms with Crippen LogP contribution >= 0.6 is 0 Å². The Morgan fingerprint density at radius 2 is 1.85 bits per heavy atom. The maximum absolute atomic E-state index is 12.5. The van der Waals surface area contributed by atoms with Crippen LogP contribution in [-0.2, 0) is 9.84 Å². The first-order valence-electron chi connectivity index (χ1n) is 8.70. The Morgan fingerprint density at radius 1 is 1.04 bits per heavy atom. The number of hydrogen-bond donors (Lipinski definition) is 2. The highest BCUT2D eigenvalue weighted by Gasteiger charge is 2.20. The smallest absolute Gasteiger partial charge is 0.180 e. The third-order valence-corrected chi connectivity index (χ3v) is 6.85. The molecular weight excluding hydrogens is 360 g/mol. The Morgan fingerprint density at radius 3 is 2.63 bits per heavy atom. The topological polar surface area (TPSA) is 87.7 Å². The standard InChI is InChI=1S/C20H20N4O2S/c1-12(2)27(25,26)15-5-7-18-17(11-15)19(8-9-21-18)22-14-4-6-16-13(3)23-24-20(16)10-14/h4-12H,1-3H3,(H,21,22)(H,23,24).